The van der Waals surface area contributed by atoms with Gasteiger partial charge in [0.2, 0.25) is 5.22 Å². The van der Waals surface area contributed by atoms with Crippen molar-refractivity contribution in [3.05, 3.63) is 23.1 Å². The molecule has 100 valence electrons. The molecule has 0 atom stereocenters. The summed E-state index contributed by atoms with van der Waals surface area (Å²) in [4.78, 5) is 14.3. The standard InChI is InChI=1S/C13H19ClN2O2/c1-2-16-6-3-10(4-7-16)9-15-13(17)11-5-8-18-12(11)14/h5,8,10H,2-4,6-7,9H2,1H3,(H,15,17). The third-order valence-electron chi connectivity index (χ3n) is 3.57. The summed E-state index contributed by atoms with van der Waals surface area (Å²) in [5, 5.41) is 3.09. The molecule has 1 fully saturated rings. The van der Waals surface area contributed by atoms with Gasteiger partial charge in [0, 0.05) is 6.54 Å². The van der Waals surface area contributed by atoms with Crippen LogP contribution in [0.25, 0.3) is 0 Å². The van der Waals surface area contributed by atoms with E-state index < -0.39 is 0 Å². The number of amides is 1. The molecule has 1 aromatic rings. The maximum absolute atomic E-state index is 11.8. The fourth-order valence-corrected chi connectivity index (χ4v) is 2.50. The molecule has 1 N–H and O–H groups in total. The summed E-state index contributed by atoms with van der Waals surface area (Å²) >= 11 is 5.76. The number of halogens is 1. The van der Waals surface area contributed by atoms with Gasteiger partial charge >= 0.3 is 0 Å². The van der Waals surface area contributed by atoms with Crippen molar-refractivity contribution >= 4 is 17.5 Å². The maximum Gasteiger partial charge on any atom is 0.256 e. The van der Waals surface area contributed by atoms with Crippen molar-refractivity contribution in [2.75, 3.05) is 26.2 Å². The van der Waals surface area contributed by atoms with Crippen LogP contribution >= 0.6 is 11.6 Å². The molecule has 18 heavy (non-hydrogen) atoms. The molecular formula is C13H19ClN2O2. The number of rotatable bonds is 4. The van der Waals surface area contributed by atoms with E-state index in [1.807, 2.05) is 0 Å². The number of nitrogens with one attached hydrogen (secondary N) is 1. The molecule has 2 rings (SSSR count). The van der Waals surface area contributed by atoms with Crippen molar-refractivity contribution in [2.24, 2.45) is 5.92 Å². The summed E-state index contributed by atoms with van der Waals surface area (Å²) in [7, 11) is 0. The molecule has 1 aliphatic rings. The minimum atomic E-state index is -0.147. The van der Waals surface area contributed by atoms with Crippen molar-refractivity contribution < 1.29 is 9.21 Å². The molecular weight excluding hydrogens is 252 g/mol. The van der Waals surface area contributed by atoms with Crippen LogP contribution in [0.3, 0.4) is 0 Å². The molecule has 1 amide bonds. The van der Waals surface area contributed by atoms with E-state index in [2.05, 4.69) is 17.1 Å². The Hall–Kier alpha value is -1.00. The lowest BCUT2D eigenvalue weighted by Gasteiger charge is -2.30. The fourth-order valence-electron chi connectivity index (χ4n) is 2.29. The van der Waals surface area contributed by atoms with E-state index in [9.17, 15) is 4.79 Å². The molecule has 1 saturated heterocycles. The number of nitrogens with zero attached hydrogens (tertiary/aromatic N) is 1. The molecule has 0 aromatic carbocycles. The minimum Gasteiger partial charge on any atom is -0.452 e. The lowest BCUT2D eigenvalue weighted by Crippen LogP contribution is -2.38. The second-order valence-corrected chi connectivity index (χ2v) is 5.04. The van der Waals surface area contributed by atoms with Crippen molar-refractivity contribution in [3.8, 4) is 0 Å². The molecule has 1 aromatic heterocycles. The summed E-state index contributed by atoms with van der Waals surface area (Å²) in [5.41, 5.74) is 0.419. The highest BCUT2D eigenvalue weighted by atomic mass is 35.5. The summed E-state index contributed by atoms with van der Waals surface area (Å²) in [5.74, 6) is 0.425. The van der Waals surface area contributed by atoms with Gasteiger partial charge < -0.3 is 14.6 Å². The van der Waals surface area contributed by atoms with E-state index in [-0.39, 0.29) is 11.1 Å². The second kappa shape index (κ2) is 6.25. The topological polar surface area (TPSA) is 45.5 Å². The van der Waals surface area contributed by atoms with E-state index >= 15 is 0 Å². The Balaban J connectivity index is 1.76. The van der Waals surface area contributed by atoms with Gasteiger partial charge in [0.15, 0.2) is 0 Å². The Morgan fingerprint density at radius 1 is 1.56 bits per heavy atom. The molecule has 0 bridgehead atoms. The van der Waals surface area contributed by atoms with Gasteiger partial charge in [-0.1, -0.05) is 6.92 Å². The third-order valence-corrected chi connectivity index (χ3v) is 3.86. The van der Waals surface area contributed by atoms with Gasteiger partial charge in [-0.25, -0.2) is 0 Å². The van der Waals surface area contributed by atoms with Gasteiger partial charge in [-0.05, 0) is 56.1 Å². The highest BCUT2D eigenvalue weighted by Gasteiger charge is 2.19. The zero-order valence-electron chi connectivity index (χ0n) is 10.6. The maximum atomic E-state index is 11.8. The van der Waals surface area contributed by atoms with Crippen LogP contribution in [0, 0.1) is 5.92 Å². The van der Waals surface area contributed by atoms with Crippen molar-refractivity contribution in [1.29, 1.82) is 0 Å². The largest absolute Gasteiger partial charge is 0.452 e. The summed E-state index contributed by atoms with van der Waals surface area (Å²) in [6.45, 7) is 6.28. The second-order valence-electron chi connectivity index (χ2n) is 4.70. The predicted octanol–water partition coefficient (Wildman–Crippen LogP) is 2.39. The Morgan fingerprint density at radius 3 is 2.83 bits per heavy atom. The number of carbonyl (C=O) groups is 1. The highest BCUT2D eigenvalue weighted by Crippen LogP contribution is 2.18. The normalized spacial score (nSPS) is 17.9. The van der Waals surface area contributed by atoms with Crippen LogP contribution in [0.15, 0.2) is 16.7 Å². The minimum absolute atomic E-state index is 0.147. The molecule has 5 heteroatoms. The monoisotopic (exact) mass is 270 g/mol. The van der Waals surface area contributed by atoms with Gasteiger partial charge in [-0.3, -0.25) is 4.79 Å². The summed E-state index contributed by atoms with van der Waals surface area (Å²) < 4.78 is 4.90. The molecule has 0 saturated carbocycles. The lowest BCUT2D eigenvalue weighted by atomic mass is 9.97. The van der Waals surface area contributed by atoms with Crippen molar-refractivity contribution in [3.63, 3.8) is 0 Å². The summed E-state index contributed by atoms with van der Waals surface area (Å²) in [6, 6.07) is 1.59. The number of hydrogen-bond acceptors (Lipinski definition) is 3. The SMILES string of the molecule is CCN1CCC(CNC(=O)c2ccoc2Cl)CC1. The van der Waals surface area contributed by atoms with Crippen LogP contribution in [0.5, 0.6) is 0 Å². The fraction of sp³-hybridized carbons (Fsp3) is 0.615. The van der Waals surface area contributed by atoms with Crippen LogP contribution in [-0.4, -0.2) is 37.0 Å². The highest BCUT2D eigenvalue weighted by molar-refractivity contribution is 6.32. The van der Waals surface area contributed by atoms with Crippen molar-refractivity contribution in [1.82, 2.24) is 10.2 Å². The van der Waals surface area contributed by atoms with Gasteiger partial charge in [0.1, 0.15) is 0 Å². The molecule has 0 spiro atoms. The van der Waals surface area contributed by atoms with Crippen LogP contribution in [0.2, 0.25) is 5.22 Å². The molecule has 1 aliphatic heterocycles. The third kappa shape index (κ3) is 3.27. The van der Waals surface area contributed by atoms with E-state index in [0.29, 0.717) is 11.5 Å². The zero-order chi connectivity index (χ0) is 13.0. The van der Waals surface area contributed by atoms with Gasteiger partial charge in [0.05, 0.1) is 11.8 Å². The molecule has 4 nitrogen and oxygen atoms in total. The number of furan rings is 1. The van der Waals surface area contributed by atoms with E-state index in [1.165, 1.54) is 6.26 Å². The molecule has 2 heterocycles. The first-order chi connectivity index (χ1) is 8.70. The number of carbonyl (C=O) groups excluding carboxylic acids is 1. The number of likely N-dealkylation sites (tertiary alicyclic amines) is 1. The van der Waals surface area contributed by atoms with Crippen molar-refractivity contribution in [2.45, 2.75) is 19.8 Å². The number of hydrogen-bond donors (Lipinski definition) is 1. The summed E-state index contributed by atoms with van der Waals surface area (Å²) in [6.07, 6.45) is 3.72. The Kier molecular flexibility index (Phi) is 4.66. The smallest absolute Gasteiger partial charge is 0.256 e. The Labute approximate surface area is 112 Å². The van der Waals surface area contributed by atoms with Crippen LogP contribution in [-0.2, 0) is 0 Å². The average Bonchev–Trinajstić information content (AvgIpc) is 2.83. The lowest BCUT2D eigenvalue weighted by molar-refractivity contribution is 0.0936. The average molecular weight is 271 g/mol. The first-order valence-corrected chi connectivity index (χ1v) is 6.82. The molecule has 0 unspecified atom stereocenters. The van der Waals surface area contributed by atoms with Crippen LogP contribution < -0.4 is 5.32 Å². The van der Waals surface area contributed by atoms with E-state index in [0.717, 1.165) is 39.0 Å². The zero-order valence-corrected chi connectivity index (χ0v) is 11.4. The molecule has 0 aliphatic carbocycles. The number of piperidine rings is 1. The molecule has 0 radical (unpaired) electrons. The predicted molar refractivity (Wildman–Crippen MR) is 70.9 cm³/mol. The van der Waals surface area contributed by atoms with Gasteiger partial charge in [-0.2, -0.15) is 0 Å². The van der Waals surface area contributed by atoms with Crippen LogP contribution in [0.1, 0.15) is 30.1 Å². The van der Waals surface area contributed by atoms with Crippen LogP contribution in [0.4, 0.5) is 0 Å². The first-order valence-electron chi connectivity index (χ1n) is 6.44. The quantitative estimate of drug-likeness (QED) is 0.914. The Morgan fingerprint density at radius 2 is 2.28 bits per heavy atom. The first kappa shape index (κ1) is 13.4. The Bertz CT molecular complexity index is 397. The van der Waals surface area contributed by atoms with Gasteiger partial charge in [0.25, 0.3) is 5.91 Å². The van der Waals surface area contributed by atoms with E-state index in [1.54, 1.807) is 6.07 Å². The van der Waals surface area contributed by atoms with Gasteiger partial charge in [-0.15, -0.1) is 0 Å². The van der Waals surface area contributed by atoms with E-state index in [4.69, 9.17) is 16.0 Å².